The molecule has 21 heavy (non-hydrogen) atoms. The van der Waals surface area contributed by atoms with Crippen LogP contribution in [0.2, 0.25) is 0 Å². The van der Waals surface area contributed by atoms with Crippen LogP contribution in [0.4, 0.5) is 0 Å². The molecule has 0 unspecified atom stereocenters. The summed E-state index contributed by atoms with van der Waals surface area (Å²) in [6.07, 6.45) is 0. The number of rotatable bonds is 6. The molecule has 0 saturated heterocycles. The van der Waals surface area contributed by atoms with E-state index in [1.807, 2.05) is 24.3 Å². The molecule has 0 aromatic heterocycles. The third-order valence-corrected chi connectivity index (χ3v) is 4.94. The van der Waals surface area contributed by atoms with Crippen molar-refractivity contribution in [3.63, 3.8) is 0 Å². The minimum absolute atomic E-state index is 0.516. The minimum atomic E-state index is -1.36. The van der Waals surface area contributed by atoms with E-state index in [4.69, 9.17) is 5.63 Å². The molecule has 0 saturated carbocycles. The molecule has 0 aliphatic carbocycles. The predicted molar refractivity (Wildman–Crippen MR) is 82.3 cm³/mol. The molecule has 0 aliphatic heterocycles. The van der Waals surface area contributed by atoms with E-state index in [1.165, 1.54) is 11.1 Å². The molecule has 2 nitrogen and oxygen atoms in total. The Kier molecular flexibility index (Phi) is 6.05. The molecular formula is C18H22O2Zr. The van der Waals surface area contributed by atoms with Crippen LogP contribution in [-0.2, 0) is 24.1 Å². The molecule has 2 aromatic carbocycles. The average molecular weight is 362 g/mol. The van der Waals surface area contributed by atoms with Crippen molar-refractivity contribution < 1.29 is 29.7 Å². The van der Waals surface area contributed by atoms with Crippen molar-refractivity contribution in [1.82, 2.24) is 0 Å². The van der Waals surface area contributed by atoms with Crippen LogP contribution in [-0.4, -0.2) is 0 Å². The third kappa shape index (κ3) is 5.00. The van der Waals surface area contributed by atoms with E-state index in [9.17, 15) is 0 Å². The van der Waals surface area contributed by atoms with Crippen molar-refractivity contribution in [3.05, 3.63) is 59.7 Å². The number of hydrogen-bond donors (Lipinski definition) is 0. The van der Waals surface area contributed by atoms with Crippen molar-refractivity contribution in [1.29, 1.82) is 0 Å². The number of benzene rings is 2. The van der Waals surface area contributed by atoms with Crippen LogP contribution in [0.25, 0.3) is 0 Å². The van der Waals surface area contributed by atoms with Gasteiger partial charge in [0.1, 0.15) is 0 Å². The Morgan fingerprint density at radius 1 is 0.714 bits per heavy atom. The molecule has 0 amide bonds. The van der Waals surface area contributed by atoms with Gasteiger partial charge in [-0.3, -0.25) is 0 Å². The first-order valence-corrected chi connectivity index (χ1v) is 9.35. The second-order valence-electron chi connectivity index (χ2n) is 5.74. The van der Waals surface area contributed by atoms with Gasteiger partial charge in [0.05, 0.1) is 0 Å². The first kappa shape index (κ1) is 16.3. The van der Waals surface area contributed by atoms with Gasteiger partial charge in [-0.1, -0.05) is 0 Å². The van der Waals surface area contributed by atoms with E-state index in [1.54, 1.807) is 0 Å². The Balaban J connectivity index is 1.92. The van der Waals surface area contributed by atoms with Crippen LogP contribution in [0.15, 0.2) is 48.5 Å². The van der Waals surface area contributed by atoms with Crippen molar-refractivity contribution in [2.24, 2.45) is 0 Å². The maximum absolute atomic E-state index is 5.85. The molecule has 0 aliphatic rings. The van der Waals surface area contributed by atoms with Gasteiger partial charge in [0.15, 0.2) is 0 Å². The monoisotopic (exact) mass is 360 g/mol. The van der Waals surface area contributed by atoms with E-state index in [0.29, 0.717) is 11.8 Å². The number of hydrogen-bond acceptors (Lipinski definition) is 2. The van der Waals surface area contributed by atoms with Gasteiger partial charge in [-0.15, -0.1) is 0 Å². The summed E-state index contributed by atoms with van der Waals surface area (Å²) in [5.74, 6) is 2.88. The predicted octanol–water partition coefficient (Wildman–Crippen LogP) is 5.30. The Hall–Kier alpha value is -1.08. The fourth-order valence-corrected chi connectivity index (χ4v) is 3.19. The quantitative estimate of drug-likeness (QED) is 0.695. The van der Waals surface area contributed by atoms with Gasteiger partial charge in [0, 0.05) is 0 Å². The molecule has 0 fully saturated rings. The molecule has 2 rings (SSSR count). The molecule has 3 heteroatoms. The summed E-state index contributed by atoms with van der Waals surface area (Å²) in [7, 11) is 0. The van der Waals surface area contributed by atoms with Crippen molar-refractivity contribution in [2.75, 3.05) is 0 Å². The molecule has 0 N–H and O–H groups in total. The normalized spacial score (nSPS) is 10.8. The van der Waals surface area contributed by atoms with E-state index in [-0.39, 0.29) is 0 Å². The maximum atomic E-state index is 5.85. The van der Waals surface area contributed by atoms with Crippen LogP contribution >= 0.6 is 0 Å². The summed E-state index contributed by atoms with van der Waals surface area (Å²) in [6, 6.07) is 16.6. The van der Waals surface area contributed by atoms with Gasteiger partial charge < -0.3 is 0 Å². The van der Waals surface area contributed by atoms with Gasteiger partial charge in [0.2, 0.25) is 0 Å². The molecular weight excluding hydrogens is 339 g/mol. The molecule has 0 spiro atoms. The Morgan fingerprint density at radius 2 is 1.14 bits per heavy atom. The van der Waals surface area contributed by atoms with Crippen molar-refractivity contribution in [3.8, 4) is 11.5 Å². The van der Waals surface area contributed by atoms with Crippen LogP contribution in [0.1, 0.15) is 50.7 Å². The summed E-state index contributed by atoms with van der Waals surface area (Å²) in [5, 5.41) is 0. The van der Waals surface area contributed by atoms with Crippen molar-refractivity contribution in [2.45, 2.75) is 39.5 Å². The molecule has 0 bridgehead atoms. The summed E-state index contributed by atoms with van der Waals surface area (Å²) < 4.78 is 11.7. The average Bonchev–Trinajstić information content (AvgIpc) is 2.48. The molecule has 110 valence electrons. The van der Waals surface area contributed by atoms with Crippen molar-refractivity contribution >= 4 is 0 Å². The summed E-state index contributed by atoms with van der Waals surface area (Å²) >= 11 is -1.36. The second-order valence-corrected chi connectivity index (χ2v) is 7.16. The van der Waals surface area contributed by atoms with Crippen LogP contribution < -0.4 is 5.63 Å². The van der Waals surface area contributed by atoms with E-state index in [2.05, 4.69) is 52.0 Å². The molecule has 0 heterocycles. The standard InChI is InChI=1S/2C9H12O.Zr/c2*1-7(2)8-4-3-5-9(10)6-8;/h2*3-7,10H,1-2H3;/q;;+2/p-2. The Labute approximate surface area is 140 Å². The van der Waals surface area contributed by atoms with Gasteiger partial charge in [-0.25, -0.2) is 0 Å². The van der Waals surface area contributed by atoms with Gasteiger partial charge >= 0.3 is 140 Å². The van der Waals surface area contributed by atoms with Crippen LogP contribution in [0, 0.1) is 0 Å². The zero-order chi connectivity index (χ0) is 15.2. The Morgan fingerprint density at radius 3 is 1.52 bits per heavy atom. The van der Waals surface area contributed by atoms with E-state index >= 15 is 0 Å². The third-order valence-electron chi connectivity index (χ3n) is 3.37. The molecule has 0 atom stereocenters. The van der Waals surface area contributed by atoms with Crippen LogP contribution in [0.3, 0.4) is 0 Å². The second kappa shape index (κ2) is 7.80. The van der Waals surface area contributed by atoms with Gasteiger partial charge in [0.25, 0.3) is 0 Å². The van der Waals surface area contributed by atoms with E-state index in [0.717, 1.165) is 11.5 Å². The molecule has 0 radical (unpaired) electrons. The van der Waals surface area contributed by atoms with Gasteiger partial charge in [-0.05, 0) is 0 Å². The molecule has 2 aromatic rings. The SMILES string of the molecule is CC(C)c1cccc([O][Zr][O]c2cccc(C(C)C)c2)c1. The Bertz CT molecular complexity index is 527. The fraction of sp³-hybridized carbons (Fsp3) is 0.333. The fourth-order valence-electron chi connectivity index (χ4n) is 1.99. The zero-order valence-corrected chi connectivity index (χ0v) is 15.5. The van der Waals surface area contributed by atoms with E-state index < -0.39 is 24.1 Å². The summed E-state index contributed by atoms with van der Waals surface area (Å²) in [6.45, 7) is 8.75. The van der Waals surface area contributed by atoms with Crippen LogP contribution in [0.5, 0.6) is 11.5 Å². The first-order valence-electron chi connectivity index (χ1n) is 7.35. The van der Waals surface area contributed by atoms with Gasteiger partial charge in [-0.2, -0.15) is 0 Å². The first-order chi connectivity index (χ1) is 10.1. The summed E-state index contributed by atoms with van der Waals surface area (Å²) in [4.78, 5) is 0. The zero-order valence-electron chi connectivity index (χ0n) is 13.1. The topological polar surface area (TPSA) is 18.5 Å². The summed E-state index contributed by atoms with van der Waals surface area (Å²) in [5.41, 5.74) is 2.60.